The third kappa shape index (κ3) is 6.08. The Morgan fingerprint density at radius 2 is 1.79 bits per heavy atom. The number of ether oxygens (including phenoxy) is 1. The summed E-state index contributed by atoms with van der Waals surface area (Å²) in [5.41, 5.74) is 8.46. The lowest BCUT2D eigenvalue weighted by Gasteiger charge is -2.32. The Kier molecular flexibility index (Phi) is 7.46. The van der Waals surface area contributed by atoms with Crippen LogP contribution in [0.15, 0.2) is 54.6 Å². The molecule has 0 radical (unpaired) electrons. The van der Waals surface area contributed by atoms with E-state index in [0.29, 0.717) is 12.3 Å². The van der Waals surface area contributed by atoms with E-state index in [1.54, 1.807) is 7.11 Å². The minimum atomic E-state index is -0.488. The van der Waals surface area contributed by atoms with Gasteiger partial charge >= 0.3 is 0 Å². The first-order valence-electron chi connectivity index (χ1n) is 10.1. The van der Waals surface area contributed by atoms with Gasteiger partial charge in [-0.15, -0.1) is 0 Å². The van der Waals surface area contributed by atoms with Crippen molar-refractivity contribution in [1.29, 1.82) is 0 Å². The van der Waals surface area contributed by atoms with Gasteiger partial charge in [-0.2, -0.15) is 0 Å². The molecule has 1 fully saturated rings. The second-order valence-electron chi connectivity index (χ2n) is 7.61. The Morgan fingerprint density at radius 3 is 2.43 bits per heavy atom. The second-order valence-corrected chi connectivity index (χ2v) is 7.61. The zero-order chi connectivity index (χ0) is 19.8. The standard InChI is InChI=1S/C23H31N3O2/c1-28-21-9-7-20(8-10-21)17-26-13-11-19(12-14-26)16-25-23(27)22(24)15-18-5-3-2-4-6-18/h2-10,19,22H,11-17,24H2,1H3,(H,25,27). The zero-order valence-electron chi connectivity index (χ0n) is 16.6. The number of rotatable bonds is 8. The molecule has 1 aliphatic heterocycles. The number of nitrogens with zero attached hydrogens (tertiary/aromatic N) is 1. The summed E-state index contributed by atoms with van der Waals surface area (Å²) in [7, 11) is 1.69. The molecule has 2 aromatic rings. The van der Waals surface area contributed by atoms with Crippen molar-refractivity contribution in [3.63, 3.8) is 0 Å². The van der Waals surface area contributed by atoms with Crippen LogP contribution in [0.3, 0.4) is 0 Å². The first kappa shape index (κ1) is 20.4. The third-order valence-corrected chi connectivity index (χ3v) is 5.47. The smallest absolute Gasteiger partial charge is 0.237 e. The number of carbonyl (C=O) groups excluding carboxylic acids is 1. The van der Waals surface area contributed by atoms with E-state index in [4.69, 9.17) is 10.5 Å². The van der Waals surface area contributed by atoms with Crippen molar-refractivity contribution >= 4 is 5.91 Å². The van der Waals surface area contributed by atoms with Crippen molar-refractivity contribution in [3.8, 4) is 5.75 Å². The summed E-state index contributed by atoms with van der Waals surface area (Å²) in [4.78, 5) is 14.8. The molecule has 1 heterocycles. The molecule has 3 rings (SSSR count). The van der Waals surface area contributed by atoms with Crippen molar-refractivity contribution in [2.45, 2.75) is 31.8 Å². The van der Waals surface area contributed by atoms with Gasteiger partial charge in [0.25, 0.3) is 0 Å². The summed E-state index contributed by atoms with van der Waals surface area (Å²) in [6, 6.07) is 17.7. The van der Waals surface area contributed by atoms with Crippen LogP contribution in [0.1, 0.15) is 24.0 Å². The van der Waals surface area contributed by atoms with Gasteiger partial charge < -0.3 is 15.8 Å². The molecule has 1 amide bonds. The maximum atomic E-state index is 12.3. The van der Waals surface area contributed by atoms with E-state index < -0.39 is 6.04 Å². The monoisotopic (exact) mass is 381 g/mol. The van der Waals surface area contributed by atoms with Crippen LogP contribution in [0.2, 0.25) is 0 Å². The van der Waals surface area contributed by atoms with Crippen molar-refractivity contribution in [2.24, 2.45) is 11.7 Å². The lowest BCUT2D eigenvalue weighted by atomic mass is 9.96. The fourth-order valence-electron chi connectivity index (χ4n) is 3.67. The fourth-order valence-corrected chi connectivity index (χ4v) is 3.67. The molecule has 0 aromatic heterocycles. The average Bonchev–Trinajstić information content (AvgIpc) is 2.74. The van der Waals surface area contributed by atoms with E-state index >= 15 is 0 Å². The highest BCUT2D eigenvalue weighted by molar-refractivity contribution is 5.81. The Balaban J connectivity index is 1.36. The van der Waals surface area contributed by atoms with E-state index in [-0.39, 0.29) is 5.91 Å². The predicted molar refractivity (Wildman–Crippen MR) is 112 cm³/mol. The predicted octanol–water partition coefficient (Wildman–Crippen LogP) is 2.59. The topological polar surface area (TPSA) is 67.6 Å². The molecule has 1 aliphatic rings. The Hall–Kier alpha value is -2.37. The molecular weight excluding hydrogens is 350 g/mol. The highest BCUT2D eigenvalue weighted by atomic mass is 16.5. The van der Waals surface area contributed by atoms with Crippen LogP contribution in [0.5, 0.6) is 5.75 Å². The van der Waals surface area contributed by atoms with Gasteiger partial charge in [-0.1, -0.05) is 42.5 Å². The number of piperidine rings is 1. The van der Waals surface area contributed by atoms with Gasteiger partial charge in [-0.3, -0.25) is 9.69 Å². The van der Waals surface area contributed by atoms with Gasteiger partial charge in [0.15, 0.2) is 0 Å². The molecule has 0 saturated carbocycles. The first-order chi connectivity index (χ1) is 13.6. The number of carbonyl (C=O) groups is 1. The second kappa shape index (κ2) is 10.2. The summed E-state index contributed by atoms with van der Waals surface area (Å²) in [6.45, 7) is 3.80. The number of hydrogen-bond acceptors (Lipinski definition) is 4. The van der Waals surface area contributed by atoms with Crippen LogP contribution in [-0.2, 0) is 17.8 Å². The van der Waals surface area contributed by atoms with Gasteiger partial charge in [0.1, 0.15) is 5.75 Å². The summed E-state index contributed by atoms with van der Waals surface area (Å²) >= 11 is 0. The summed E-state index contributed by atoms with van der Waals surface area (Å²) in [5, 5.41) is 3.05. The van der Waals surface area contributed by atoms with Crippen molar-refractivity contribution in [3.05, 3.63) is 65.7 Å². The van der Waals surface area contributed by atoms with E-state index in [1.807, 2.05) is 42.5 Å². The van der Waals surface area contributed by atoms with E-state index in [1.165, 1.54) is 5.56 Å². The molecular formula is C23H31N3O2. The third-order valence-electron chi connectivity index (χ3n) is 5.47. The minimum Gasteiger partial charge on any atom is -0.497 e. The van der Waals surface area contributed by atoms with E-state index in [2.05, 4.69) is 22.3 Å². The molecule has 28 heavy (non-hydrogen) atoms. The molecule has 0 aliphatic carbocycles. The molecule has 1 atom stereocenters. The normalized spacial score (nSPS) is 16.5. The van der Waals surface area contributed by atoms with Gasteiger partial charge in [-0.05, 0) is 61.5 Å². The molecule has 5 nitrogen and oxygen atoms in total. The molecule has 3 N–H and O–H groups in total. The molecule has 1 saturated heterocycles. The van der Waals surface area contributed by atoms with Gasteiger partial charge in [0.05, 0.1) is 13.2 Å². The number of benzene rings is 2. The van der Waals surface area contributed by atoms with Gasteiger partial charge in [0.2, 0.25) is 5.91 Å². The highest BCUT2D eigenvalue weighted by Crippen LogP contribution is 2.19. The molecule has 1 unspecified atom stereocenters. The lowest BCUT2D eigenvalue weighted by molar-refractivity contribution is -0.122. The number of methoxy groups -OCH3 is 1. The van der Waals surface area contributed by atoms with E-state index in [0.717, 1.165) is 50.3 Å². The Labute approximate surface area is 167 Å². The highest BCUT2D eigenvalue weighted by Gasteiger charge is 2.21. The maximum absolute atomic E-state index is 12.3. The molecule has 0 spiro atoms. The van der Waals surface area contributed by atoms with Crippen molar-refractivity contribution < 1.29 is 9.53 Å². The number of likely N-dealkylation sites (tertiary alicyclic amines) is 1. The largest absolute Gasteiger partial charge is 0.497 e. The number of nitrogens with two attached hydrogens (primary N) is 1. The number of amides is 1. The van der Waals surface area contributed by atoms with Crippen LogP contribution in [0.4, 0.5) is 0 Å². The van der Waals surface area contributed by atoms with Crippen molar-refractivity contribution in [2.75, 3.05) is 26.7 Å². The van der Waals surface area contributed by atoms with Crippen LogP contribution < -0.4 is 15.8 Å². The molecule has 150 valence electrons. The summed E-state index contributed by atoms with van der Waals surface area (Å²) in [5.74, 6) is 1.37. The quantitative estimate of drug-likeness (QED) is 0.738. The molecule has 2 aromatic carbocycles. The fraction of sp³-hybridized carbons (Fsp3) is 0.435. The molecule has 5 heteroatoms. The average molecular weight is 382 g/mol. The maximum Gasteiger partial charge on any atom is 0.237 e. The summed E-state index contributed by atoms with van der Waals surface area (Å²) < 4.78 is 5.21. The lowest BCUT2D eigenvalue weighted by Crippen LogP contribution is -2.45. The van der Waals surface area contributed by atoms with Gasteiger partial charge in [0, 0.05) is 13.1 Å². The zero-order valence-corrected chi connectivity index (χ0v) is 16.6. The van der Waals surface area contributed by atoms with Crippen LogP contribution in [0.25, 0.3) is 0 Å². The first-order valence-corrected chi connectivity index (χ1v) is 10.1. The van der Waals surface area contributed by atoms with E-state index in [9.17, 15) is 4.79 Å². The van der Waals surface area contributed by atoms with Gasteiger partial charge in [-0.25, -0.2) is 0 Å². The van der Waals surface area contributed by atoms with Crippen LogP contribution >= 0.6 is 0 Å². The van der Waals surface area contributed by atoms with Crippen LogP contribution in [-0.4, -0.2) is 43.6 Å². The Morgan fingerprint density at radius 1 is 1.11 bits per heavy atom. The number of hydrogen-bond donors (Lipinski definition) is 2. The minimum absolute atomic E-state index is 0.0514. The van der Waals surface area contributed by atoms with Crippen molar-refractivity contribution in [1.82, 2.24) is 10.2 Å². The number of nitrogens with one attached hydrogen (secondary N) is 1. The summed E-state index contributed by atoms with van der Waals surface area (Å²) in [6.07, 6.45) is 2.78. The Bertz CT molecular complexity index is 725. The molecule has 0 bridgehead atoms. The SMILES string of the molecule is COc1ccc(CN2CCC(CNC(=O)C(N)Cc3ccccc3)CC2)cc1. The van der Waals surface area contributed by atoms with Crippen LogP contribution in [0, 0.1) is 5.92 Å².